The summed E-state index contributed by atoms with van der Waals surface area (Å²) in [5, 5.41) is 8.48. The lowest BCUT2D eigenvalue weighted by Gasteiger charge is -2.22. The van der Waals surface area contributed by atoms with Crippen LogP contribution in [0.15, 0.2) is 59.7 Å². The first-order valence-corrected chi connectivity index (χ1v) is 10.1. The van der Waals surface area contributed by atoms with Crippen LogP contribution in [-0.2, 0) is 19.1 Å². The van der Waals surface area contributed by atoms with Crippen molar-refractivity contribution in [3.05, 3.63) is 65.7 Å². The number of hydrogen-bond acceptors (Lipinski definition) is 6. The van der Waals surface area contributed by atoms with Crippen LogP contribution in [0.3, 0.4) is 0 Å². The Labute approximate surface area is 179 Å². The van der Waals surface area contributed by atoms with Crippen LogP contribution in [0.2, 0.25) is 0 Å². The number of carbonyl (C=O) groups excluding carboxylic acids is 3. The molecule has 1 N–H and O–H groups in total. The van der Waals surface area contributed by atoms with Crippen molar-refractivity contribution in [2.45, 2.75) is 31.3 Å². The van der Waals surface area contributed by atoms with Gasteiger partial charge >= 0.3 is 5.97 Å². The summed E-state index contributed by atoms with van der Waals surface area (Å²) < 4.78 is 10.4. The van der Waals surface area contributed by atoms with Gasteiger partial charge in [-0.05, 0) is 29.7 Å². The fourth-order valence-corrected chi connectivity index (χ4v) is 3.72. The van der Waals surface area contributed by atoms with E-state index >= 15 is 0 Å². The van der Waals surface area contributed by atoms with Gasteiger partial charge in [0.05, 0.1) is 18.9 Å². The normalized spacial score (nSPS) is 20.2. The first-order valence-electron chi connectivity index (χ1n) is 10.1. The molecule has 2 aliphatic rings. The van der Waals surface area contributed by atoms with E-state index in [0.717, 1.165) is 22.6 Å². The SMILES string of the molecule is COc1ccc(C2CC(c3ccccc3)=NN2C(=O)COC(=O)C2CCC(=O)N2)cc1. The van der Waals surface area contributed by atoms with Gasteiger partial charge in [-0.3, -0.25) is 9.59 Å². The number of amides is 2. The van der Waals surface area contributed by atoms with Crippen molar-refractivity contribution in [1.29, 1.82) is 0 Å². The number of nitrogens with one attached hydrogen (secondary N) is 1. The topological polar surface area (TPSA) is 97.3 Å². The summed E-state index contributed by atoms with van der Waals surface area (Å²) in [4.78, 5) is 36.4. The number of hydrazone groups is 1. The predicted molar refractivity (Wildman–Crippen MR) is 112 cm³/mol. The van der Waals surface area contributed by atoms with Gasteiger partial charge in [0.1, 0.15) is 11.8 Å². The zero-order chi connectivity index (χ0) is 21.8. The Balaban J connectivity index is 1.51. The maximum absolute atomic E-state index is 12.9. The van der Waals surface area contributed by atoms with Crippen LogP contribution in [0.1, 0.15) is 36.4 Å². The number of hydrogen-bond donors (Lipinski definition) is 1. The molecule has 160 valence electrons. The van der Waals surface area contributed by atoms with E-state index in [1.165, 1.54) is 5.01 Å². The van der Waals surface area contributed by atoms with Crippen LogP contribution in [0.5, 0.6) is 5.75 Å². The highest BCUT2D eigenvalue weighted by Gasteiger charge is 2.34. The Hall–Kier alpha value is -3.68. The summed E-state index contributed by atoms with van der Waals surface area (Å²) in [6.45, 7) is -0.441. The van der Waals surface area contributed by atoms with Crippen molar-refractivity contribution in [3.63, 3.8) is 0 Å². The van der Waals surface area contributed by atoms with Gasteiger partial charge in [-0.1, -0.05) is 42.5 Å². The fourth-order valence-electron chi connectivity index (χ4n) is 3.72. The molecular formula is C23H23N3O5. The average Bonchev–Trinajstić information content (AvgIpc) is 3.45. The van der Waals surface area contributed by atoms with Crippen molar-refractivity contribution in [2.75, 3.05) is 13.7 Å². The number of methoxy groups -OCH3 is 1. The molecule has 4 rings (SSSR count). The molecule has 8 nitrogen and oxygen atoms in total. The molecule has 0 radical (unpaired) electrons. The molecule has 2 aromatic carbocycles. The summed E-state index contributed by atoms with van der Waals surface area (Å²) in [5.41, 5.74) is 2.62. The standard InChI is InChI=1S/C23H23N3O5/c1-30-17-9-7-16(8-10-17)20-13-19(15-5-3-2-4-6-15)25-26(20)22(28)14-31-23(29)18-11-12-21(27)24-18/h2-10,18,20H,11-14H2,1H3,(H,24,27). The molecule has 8 heteroatoms. The molecule has 2 unspecified atom stereocenters. The number of benzene rings is 2. The second kappa shape index (κ2) is 8.99. The highest BCUT2D eigenvalue weighted by atomic mass is 16.5. The van der Waals surface area contributed by atoms with E-state index in [1.54, 1.807) is 7.11 Å². The Morgan fingerprint density at radius 2 is 1.87 bits per heavy atom. The van der Waals surface area contributed by atoms with Crippen LogP contribution in [0.4, 0.5) is 0 Å². The summed E-state index contributed by atoms with van der Waals surface area (Å²) in [7, 11) is 1.60. The van der Waals surface area contributed by atoms with Gasteiger partial charge in [0, 0.05) is 12.8 Å². The van der Waals surface area contributed by atoms with Gasteiger partial charge in [-0.15, -0.1) is 0 Å². The van der Waals surface area contributed by atoms with Gasteiger partial charge in [0.15, 0.2) is 6.61 Å². The number of carbonyl (C=O) groups is 3. The van der Waals surface area contributed by atoms with Crippen molar-refractivity contribution < 1.29 is 23.9 Å². The molecule has 31 heavy (non-hydrogen) atoms. The summed E-state index contributed by atoms with van der Waals surface area (Å²) in [6, 6.07) is 16.1. The number of rotatable bonds is 6. The van der Waals surface area contributed by atoms with E-state index in [1.807, 2.05) is 54.6 Å². The molecule has 2 heterocycles. The van der Waals surface area contributed by atoms with Crippen molar-refractivity contribution >= 4 is 23.5 Å². The third-order valence-electron chi connectivity index (χ3n) is 5.39. The minimum Gasteiger partial charge on any atom is -0.497 e. The Morgan fingerprint density at radius 3 is 2.52 bits per heavy atom. The fraction of sp³-hybridized carbons (Fsp3) is 0.304. The van der Waals surface area contributed by atoms with E-state index in [-0.39, 0.29) is 18.4 Å². The minimum absolute atomic E-state index is 0.190. The van der Waals surface area contributed by atoms with Gasteiger partial charge in [0.25, 0.3) is 5.91 Å². The van der Waals surface area contributed by atoms with E-state index in [4.69, 9.17) is 9.47 Å². The first-order chi connectivity index (χ1) is 15.0. The zero-order valence-corrected chi connectivity index (χ0v) is 17.1. The maximum Gasteiger partial charge on any atom is 0.329 e. The van der Waals surface area contributed by atoms with Gasteiger partial charge in [0.2, 0.25) is 5.91 Å². The molecule has 0 aliphatic carbocycles. The number of ether oxygens (including phenoxy) is 2. The molecule has 1 fully saturated rings. The Bertz CT molecular complexity index is 1000. The smallest absolute Gasteiger partial charge is 0.329 e. The second-order valence-corrected chi connectivity index (χ2v) is 7.41. The molecule has 2 atom stereocenters. The lowest BCUT2D eigenvalue weighted by atomic mass is 9.98. The summed E-state index contributed by atoms with van der Waals surface area (Å²) in [6.07, 6.45) is 1.19. The van der Waals surface area contributed by atoms with Crippen molar-refractivity contribution in [1.82, 2.24) is 10.3 Å². The van der Waals surface area contributed by atoms with E-state index < -0.39 is 24.5 Å². The number of nitrogens with zero attached hydrogens (tertiary/aromatic N) is 2. The largest absolute Gasteiger partial charge is 0.497 e. The zero-order valence-electron chi connectivity index (χ0n) is 17.1. The Morgan fingerprint density at radius 1 is 1.13 bits per heavy atom. The quantitative estimate of drug-likeness (QED) is 0.721. The minimum atomic E-state index is -0.695. The molecule has 1 saturated heterocycles. The van der Waals surface area contributed by atoms with Gasteiger partial charge in [-0.25, -0.2) is 9.80 Å². The molecule has 2 aromatic rings. The monoisotopic (exact) mass is 421 g/mol. The molecule has 2 amide bonds. The lowest BCUT2D eigenvalue weighted by molar-refractivity contribution is -0.154. The first kappa shape index (κ1) is 20.6. The van der Waals surface area contributed by atoms with Crippen molar-refractivity contribution in [3.8, 4) is 5.75 Å². The highest BCUT2D eigenvalue weighted by molar-refractivity contribution is 6.03. The lowest BCUT2D eigenvalue weighted by Crippen LogP contribution is -2.37. The molecule has 0 saturated carbocycles. The van der Waals surface area contributed by atoms with Crippen LogP contribution >= 0.6 is 0 Å². The van der Waals surface area contributed by atoms with E-state index in [0.29, 0.717) is 12.8 Å². The van der Waals surface area contributed by atoms with Crippen molar-refractivity contribution in [2.24, 2.45) is 5.10 Å². The number of esters is 1. The maximum atomic E-state index is 12.9. The van der Waals surface area contributed by atoms with E-state index in [2.05, 4.69) is 10.4 Å². The van der Waals surface area contributed by atoms with Crippen LogP contribution < -0.4 is 10.1 Å². The third kappa shape index (κ3) is 4.58. The highest BCUT2D eigenvalue weighted by Crippen LogP contribution is 2.33. The molecule has 0 bridgehead atoms. The van der Waals surface area contributed by atoms with Crippen LogP contribution in [-0.4, -0.2) is 48.3 Å². The van der Waals surface area contributed by atoms with E-state index in [9.17, 15) is 14.4 Å². The molecule has 0 aromatic heterocycles. The summed E-state index contributed by atoms with van der Waals surface area (Å²) in [5.74, 6) is -0.503. The molecule has 0 spiro atoms. The predicted octanol–water partition coefficient (Wildman–Crippen LogP) is 2.19. The second-order valence-electron chi connectivity index (χ2n) is 7.41. The van der Waals surface area contributed by atoms with Gasteiger partial charge < -0.3 is 14.8 Å². The summed E-state index contributed by atoms with van der Waals surface area (Å²) >= 11 is 0. The van der Waals surface area contributed by atoms with Gasteiger partial charge in [-0.2, -0.15) is 5.10 Å². The molecular weight excluding hydrogens is 398 g/mol. The molecule has 2 aliphatic heterocycles. The average molecular weight is 421 g/mol. The third-order valence-corrected chi connectivity index (χ3v) is 5.39. The van der Waals surface area contributed by atoms with Crippen LogP contribution in [0.25, 0.3) is 0 Å². The van der Waals surface area contributed by atoms with Crippen LogP contribution in [0, 0.1) is 0 Å². The Kier molecular flexibility index (Phi) is 5.97.